The van der Waals surface area contributed by atoms with E-state index in [1.165, 1.54) is 18.4 Å². The molecular weight excluding hydrogens is 456 g/mol. The predicted octanol–water partition coefficient (Wildman–Crippen LogP) is 4.64. The van der Waals surface area contributed by atoms with Gasteiger partial charge in [-0.05, 0) is 24.6 Å². The number of carbonyl (C=O) groups is 2. The summed E-state index contributed by atoms with van der Waals surface area (Å²) in [5.74, 6) is -0.0872. The first-order valence-corrected chi connectivity index (χ1v) is 11.4. The third kappa shape index (κ3) is 5.44. The molecular formula is C23H22N6O4S. The van der Waals surface area contributed by atoms with Crippen LogP contribution in [0.4, 0.5) is 11.7 Å². The highest BCUT2D eigenvalue weighted by molar-refractivity contribution is 7.14. The van der Waals surface area contributed by atoms with Gasteiger partial charge < -0.3 is 14.5 Å². The molecule has 34 heavy (non-hydrogen) atoms. The standard InChI is InChI=1S/C23H22N6O4S/c1-3-4-5-21(30)26-15-9-20(34-12-15)18-11-24-10-17(27-18)14-6-7-16(19(8-14)32-2)22(31)28-23-29-25-13-33-23/h6-13H,3-5H2,1-2H3,(H,26,30)(H,28,29,31). The Morgan fingerprint density at radius 1 is 1.15 bits per heavy atom. The summed E-state index contributed by atoms with van der Waals surface area (Å²) in [5, 5.41) is 14.5. The first kappa shape index (κ1) is 23.1. The fourth-order valence-corrected chi connectivity index (χ4v) is 3.95. The van der Waals surface area contributed by atoms with Crippen LogP contribution >= 0.6 is 11.3 Å². The average Bonchev–Trinajstić information content (AvgIpc) is 3.54. The Labute approximate surface area is 199 Å². The zero-order valence-electron chi connectivity index (χ0n) is 18.6. The number of anilines is 2. The SMILES string of the molecule is CCCCC(=O)Nc1csc(-c2cncc(-c3ccc(C(=O)Nc4nnco4)c(OC)c3)n2)c1. The van der Waals surface area contributed by atoms with Gasteiger partial charge in [0.05, 0.1) is 47.0 Å². The fraction of sp³-hybridized carbons (Fsp3) is 0.217. The largest absolute Gasteiger partial charge is 0.496 e. The molecule has 0 bridgehead atoms. The van der Waals surface area contributed by atoms with Crippen molar-refractivity contribution in [3.05, 3.63) is 54.0 Å². The van der Waals surface area contributed by atoms with Crippen molar-refractivity contribution in [2.24, 2.45) is 0 Å². The minimum Gasteiger partial charge on any atom is -0.496 e. The van der Waals surface area contributed by atoms with Crippen LogP contribution in [0, 0.1) is 0 Å². The molecule has 0 saturated heterocycles. The smallest absolute Gasteiger partial charge is 0.322 e. The molecule has 0 aliphatic heterocycles. The van der Waals surface area contributed by atoms with Crippen LogP contribution in [0.3, 0.4) is 0 Å². The van der Waals surface area contributed by atoms with Gasteiger partial charge in [-0.25, -0.2) is 4.98 Å². The third-order valence-electron chi connectivity index (χ3n) is 4.85. The molecule has 0 aliphatic rings. The van der Waals surface area contributed by atoms with Gasteiger partial charge in [-0.3, -0.25) is 19.9 Å². The van der Waals surface area contributed by atoms with E-state index in [1.54, 1.807) is 30.6 Å². The van der Waals surface area contributed by atoms with Gasteiger partial charge in [0.25, 0.3) is 5.91 Å². The van der Waals surface area contributed by atoms with Crippen LogP contribution in [0.2, 0.25) is 0 Å². The van der Waals surface area contributed by atoms with Crippen molar-refractivity contribution in [2.45, 2.75) is 26.2 Å². The summed E-state index contributed by atoms with van der Waals surface area (Å²) in [6, 6.07) is 6.97. The number of aromatic nitrogens is 4. The Hall–Kier alpha value is -4.12. The summed E-state index contributed by atoms with van der Waals surface area (Å²) in [5.41, 5.74) is 3.06. The molecule has 0 fully saturated rings. The number of amides is 2. The number of nitrogens with one attached hydrogen (secondary N) is 2. The van der Waals surface area contributed by atoms with Crippen LogP contribution in [0.5, 0.6) is 5.75 Å². The number of unbranched alkanes of at least 4 members (excludes halogenated alkanes) is 1. The second-order valence-electron chi connectivity index (χ2n) is 7.25. The normalized spacial score (nSPS) is 10.6. The second kappa shape index (κ2) is 10.7. The lowest BCUT2D eigenvalue weighted by Gasteiger charge is -2.10. The maximum Gasteiger partial charge on any atom is 0.322 e. The lowest BCUT2D eigenvalue weighted by Crippen LogP contribution is -2.13. The number of benzene rings is 1. The summed E-state index contributed by atoms with van der Waals surface area (Å²) >= 11 is 1.47. The van der Waals surface area contributed by atoms with Gasteiger partial charge in [-0.1, -0.05) is 24.5 Å². The molecule has 0 radical (unpaired) electrons. The van der Waals surface area contributed by atoms with Gasteiger partial charge in [-0.2, -0.15) is 0 Å². The number of ether oxygens (including phenoxy) is 1. The Morgan fingerprint density at radius 2 is 2.00 bits per heavy atom. The molecule has 174 valence electrons. The number of rotatable bonds is 9. The van der Waals surface area contributed by atoms with Crippen molar-refractivity contribution >= 4 is 34.9 Å². The maximum atomic E-state index is 12.5. The second-order valence-corrected chi connectivity index (χ2v) is 8.17. The van der Waals surface area contributed by atoms with Gasteiger partial charge in [0.15, 0.2) is 0 Å². The zero-order valence-corrected chi connectivity index (χ0v) is 19.4. The van der Waals surface area contributed by atoms with Gasteiger partial charge >= 0.3 is 6.01 Å². The molecule has 2 amide bonds. The van der Waals surface area contributed by atoms with Gasteiger partial charge in [0.1, 0.15) is 5.75 Å². The molecule has 11 heteroatoms. The molecule has 1 aromatic carbocycles. The highest BCUT2D eigenvalue weighted by Gasteiger charge is 2.17. The quantitative estimate of drug-likeness (QED) is 0.355. The molecule has 3 aromatic heterocycles. The molecule has 3 heterocycles. The van der Waals surface area contributed by atoms with Crippen LogP contribution < -0.4 is 15.4 Å². The minimum atomic E-state index is -0.445. The monoisotopic (exact) mass is 478 g/mol. The molecule has 0 spiro atoms. The molecule has 0 aliphatic carbocycles. The lowest BCUT2D eigenvalue weighted by atomic mass is 10.1. The van der Waals surface area contributed by atoms with Crippen LogP contribution in [-0.4, -0.2) is 39.1 Å². The van der Waals surface area contributed by atoms with Crippen LogP contribution in [0.15, 0.2) is 52.9 Å². The van der Waals surface area contributed by atoms with Gasteiger partial charge in [0.2, 0.25) is 12.3 Å². The summed E-state index contributed by atoms with van der Waals surface area (Å²) < 4.78 is 10.4. The van der Waals surface area contributed by atoms with Crippen molar-refractivity contribution in [3.63, 3.8) is 0 Å². The van der Waals surface area contributed by atoms with Crippen LogP contribution in [-0.2, 0) is 4.79 Å². The van der Waals surface area contributed by atoms with Crippen molar-refractivity contribution in [2.75, 3.05) is 17.7 Å². The number of carbonyl (C=O) groups excluding carboxylic acids is 2. The van der Waals surface area contributed by atoms with E-state index >= 15 is 0 Å². The van der Waals surface area contributed by atoms with E-state index in [2.05, 4.69) is 32.7 Å². The minimum absolute atomic E-state index is 0.00125. The number of thiophene rings is 1. The molecule has 2 N–H and O–H groups in total. The van der Waals surface area contributed by atoms with Gasteiger partial charge in [0, 0.05) is 17.4 Å². The number of hydrogen-bond acceptors (Lipinski definition) is 9. The van der Waals surface area contributed by atoms with E-state index < -0.39 is 5.91 Å². The Kier molecular flexibility index (Phi) is 7.23. The molecule has 0 unspecified atom stereocenters. The summed E-state index contributed by atoms with van der Waals surface area (Å²) in [7, 11) is 1.48. The van der Waals surface area contributed by atoms with E-state index in [-0.39, 0.29) is 11.9 Å². The van der Waals surface area contributed by atoms with Crippen LogP contribution in [0.25, 0.3) is 21.8 Å². The van der Waals surface area contributed by atoms with Crippen molar-refractivity contribution < 1.29 is 18.7 Å². The van der Waals surface area contributed by atoms with E-state index in [0.717, 1.165) is 35.4 Å². The van der Waals surface area contributed by atoms with E-state index in [0.29, 0.717) is 29.1 Å². The van der Waals surface area contributed by atoms with Crippen molar-refractivity contribution in [1.29, 1.82) is 0 Å². The number of methoxy groups -OCH3 is 1. The maximum absolute atomic E-state index is 12.5. The Balaban J connectivity index is 1.53. The molecule has 0 saturated carbocycles. The van der Waals surface area contributed by atoms with Gasteiger partial charge in [-0.15, -0.1) is 16.4 Å². The fourth-order valence-electron chi connectivity index (χ4n) is 3.15. The summed E-state index contributed by atoms with van der Waals surface area (Å²) in [6.07, 6.45) is 6.76. The molecule has 4 rings (SSSR count). The first-order valence-electron chi connectivity index (χ1n) is 10.5. The Bertz CT molecular complexity index is 1290. The lowest BCUT2D eigenvalue weighted by molar-refractivity contribution is -0.116. The Morgan fingerprint density at radius 3 is 2.76 bits per heavy atom. The zero-order chi connectivity index (χ0) is 23.9. The predicted molar refractivity (Wildman–Crippen MR) is 128 cm³/mol. The topological polar surface area (TPSA) is 132 Å². The van der Waals surface area contributed by atoms with Crippen LogP contribution in [0.1, 0.15) is 36.5 Å². The van der Waals surface area contributed by atoms with Crippen molar-refractivity contribution in [1.82, 2.24) is 20.2 Å². The first-order chi connectivity index (χ1) is 16.6. The van der Waals surface area contributed by atoms with E-state index in [4.69, 9.17) is 14.1 Å². The van der Waals surface area contributed by atoms with E-state index in [9.17, 15) is 9.59 Å². The number of hydrogen-bond donors (Lipinski definition) is 2. The summed E-state index contributed by atoms with van der Waals surface area (Å²) in [4.78, 5) is 34.4. The van der Waals surface area contributed by atoms with E-state index in [1.807, 2.05) is 11.4 Å². The van der Waals surface area contributed by atoms with Crippen molar-refractivity contribution in [3.8, 4) is 27.6 Å². The highest BCUT2D eigenvalue weighted by Crippen LogP contribution is 2.31. The number of nitrogens with zero attached hydrogens (tertiary/aromatic N) is 4. The average molecular weight is 479 g/mol. The highest BCUT2D eigenvalue weighted by atomic mass is 32.1. The molecule has 0 atom stereocenters. The molecule has 4 aromatic rings. The third-order valence-corrected chi connectivity index (χ3v) is 5.80. The molecule has 10 nitrogen and oxygen atoms in total. The summed E-state index contributed by atoms with van der Waals surface area (Å²) in [6.45, 7) is 2.05.